The summed E-state index contributed by atoms with van der Waals surface area (Å²) in [6, 6.07) is 3.86. The lowest BCUT2D eigenvalue weighted by atomic mass is 9.78. The second-order valence-corrected chi connectivity index (χ2v) is 6.54. The monoisotopic (exact) mass is 295 g/mol. The van der Waals surface area contributed by atoms with Crippen molar-refractivity contribution in [3.05, 3.63) is 46.5 Å². The third-order valence-electron chi connectivity index (χ3n) is 5.00. The van der Waals surface area contributed by atoms with Gasteiger partial charge in [0.25, 0.3) is 0 Å². The molecule has 114 valence electrons. The normalized spacial score (nSPS) is 19.1. The first-order valence-corrected chi connectivity index (χ1v) is 8.24. The molecule has 0 aromatic heterocycles. The van der Waals surface area contributed by atoms with Crippen molar-refractivity contribution in [2.45, 2.75) is 38.5 Å². The van der Waals surface area contributed by atoms with E-state index in [2.05, 4.69) is 17.5 Å². The van der Waals surface area contributed by atoms with Crippen LogP contribution in [0.25, 0.3) is 5.57 Å². The first-order chi connectivity index (χ1) is 10.7. The van der Waals surface area contributed by atoms with E-state index in [-0.39, 0.29) is 11.8 Å². The van der Waals surface area contributed by atoms with Crippen molar-refractivity contribution >= 4 is 11.5 Å². The highest BCUT2D eigenvalue weighted by molar-refractivity contribution is 5.85. The van der Waals surface area contributed by atoms with Crippen LogP contribution in [0.15, 0.2) is 29.9 Å². The molecule has 3 heteroatoms. The Morgan fingerprint density at radius 2 is 2.14 bits per heavy atom. The molecule has 3 aliphatic carbocycles. The summed E-state index contributed by atoms with van der Waals surface area (Å²) in [6.45, 7) is 0.728. The average molecular weight is 295 g/mol. The Kier molecular flexibility index (Phi) is 3.29. The average Bonchev–Trinajstić information content (AvgIpc) is 3.37. The van der Waals surface area contributed by atoms with Gasteiger partial charge >= 0.3 is 0 Å². The van der Waals surface area contributed by atoms with Gasteiger partial charge in [0.2, 0.25) is 5.91 Å². The Hall–Kier alpha value is -2.03. The number of nitrogens with one attached hydrogen (secondary N) is 1. The molecule has 3 aliphatic rings. The minimum absolute atomic E-state index is 0.222. The van der Waals surface area contributed by atoms with Crippen LogP contribution in [0.3, 0.4) is 0 Å². The number of amides is 1. The molecule has 0 aliphatic heterocycles. The SMILES string of the molecule is O=C(NCCC1=C2C=CCc3ccc(O)c(c32)CC1)C1CC1. The molecule has 4 rings (SSSR count). The van der Waals surface area contributed by atoms with Crippen LogP contribution < -0.4 is 5.32 Å². The van der Waals surface area contributed by atoms with E-state index in [9.17, 15) is 9.90 Å². The Bertz CT molecular complexity index is 696. The lowest BCUT2D eigenvalue weighted by Gasteiger charge is -2.27. The van der Waals surface area contributed by atoms with Gasteiger partial charge < -0.3 is 10.4 Å². The standard InChI is InChI=1S/C19H21NO2/c21-17-9-7-13-2-1-3-15-12(6-8-16(17)18(13)15)10-11-20-19(22)14-4-5-14/h1,3,7,9,14,21H,2,4-6,8,10-11H2,(H,20,22). The Morgan fingerprint density at radius 1 is 1.27 bits per heavy atom. The highest BCUT2D eigenvalue weighted by Crippen LogP contribution is 2.41. The van der Waals surface area contributed by atoms with Gasteiger partial charge in [-0.3, -0.25) is 4.79 Å². The van der Waals surface area contributed by atoms with Crippen LogP contribution in [0.1, 0.15) is 42.4 Å². The number of rotatable bonds is 4. The second-order valence-electron chi connectivity index (χ2n) is 6.54. The fraction of sp³-hybridized carbons (Fsp3) is 0.421. The van der Waals surface area contributed by atoms with Crippen molar-refractivity contribution in [1.82, 2.24) is 5.32 Å². The van der Waals surface area contributed by atoms with E-state index in [0.29, 0.717) is 5.75 Å². The molecule has 1 aromatic rings. The van der Waals surface area contributed by atoms with E-state index >= 15 is 0 Å². The van der Waals surface area contributed by atoms with Crippen LogP contribution in [0.4, 0.5) is 0 Å². The van der Waals surface area contributed by atoms with Gasteiger partial charge in [0.1, 0.15) is 5.75 Å². The number of hydrogen-bond donors (Lipinski definition) is 2. The number of benzene rings is 1. The molecule has 3 nitrogen and oxygen atoms in total. The molecule has 2 N–H and O–H groups in total. The summed E-state index contributed by atoms with van der Waals surface area (Å²) >= 11 is 0. The summed E-state index contributed by atoms with van der Waals surface area (Å²) < 4.78 is 0. The molecule has 0 saturated heterocycles. The number of hydrogen-bond acceptors (Lipinski definition) is 2. The van der Waals surface area contributed by atoms with E-state index < -0.39 is 0 Å². The van der Waals surface area contributed by atoms with E-state index in [1.165, 1.54) is 22.3 Å². The van der Waals surface area contributed by atoms with Crippen molar-refractivity contribution in [1.29, 1.82) is 0 Å². The quantitative estimate of drug-likeness (QED) is 0.896. The number of phenols is 1. The molecule has 1 saturated carbocycles. The lowest BCUT2D eigenvalue weighted by molar-refractivity contribution is -0.122. The number of phenolic OH excluding ortho intramolecular Hbond substituents is 1. The Morgan fingerprint density at radius 3 is 2.95 bits per heavy atom. The molecule has 22 heavy (non-hydrogen) atoms. The molecule has 1 fully saturated rings. The predicted molar refractivity (Wildman–Crippen MR) is 86.5 cm³/mol. The van der Waals surface area contributed by atoms with Crippen LogP contribution in [-0.2, 0) is 17.6 Å². The minimum Gasteiger partial charge on any atom is -0.508 e. The molecule has 0 heterocycles. The van der Waals surface area contributed by atoms with Gasteiger partial charge in [-0.15, -0.1) is 0 Å². The van der Waals surface area contributed by atoms with E-state index in [1.54, 1.807) is 0 Å². The smallest absolute Gasteiger partial charge is 0.223 e. The molecule has 1 amide bonds. The van der Waals surface area contributed by atoms with Crippen molar-refractivity contribution in [3.63, 3.8) is 0 Å². The van der Waals surface area contributed by atoms with Crippen LogP contribution in [0.2, 0.25) is 0 Å². The number of carbonyl (C=O) groups is 1. The van der Waals surface area contributed by atoms with Crippen LogP contribution in [-0.4, -0.2) is 17.6 Å². The van der Waals surface area contributed by atoms with Crippen LogP contribution in [0.5, 0.6) is 5.75 Å². The van der Waals surface area contributed by atoms with Gasteiger partial charge in [0, 0.05) is 18.0 Å². The maximum Gasteiger partial charge on any atom is 0.223 e. The molecule has 0 radical (unpaired) electrons. The van der Waals surface area contributed by atoms with Gasteiger partial charge in [-0.05, 0) is 61.3 Å². The van der Waals surface area contributed by atoms with Gasteiger partial charge in [0.05, 0.1) is 0 Å². The zero-order valence-electron chi connectivity index (χ0n) is 12.7. The van der Waals surface area contributed by atoms with Crippen molar-refractivity contribution in [2.75, 3.05) is 6.54 Å². The van der Waals surface area contributed by atoms with Crippen molar-refractivity contribution < 1.29 is 9.90 Å². The fourth-order valence-electron chi connectivity index (χ4n) is 3.62. The van der Waals surface area contributed by atoms with Crippen molar-refractivity contribution in [2.24, 2.45) is 5.92 Å². The Labute approximate surface area is 130 Å². The number of allylic oxidation sites excluding steroid dienone is 3. The summed E-state index contributed by atoms with van der Waals surface area (Å²) in [7, 11) is 0. The van der Waals surface area contributed by atoms with Gasteiger partial charge in [-0.25, -0.2) is 0 Å². The van der Waals surface area contributed by atoms with Gasteiger partial charge in [0.15, 0.2) is 0 Å². The van der Waals surface area contributed by atoms with E-state index in [0.717, 1.165) is 50.6 Å². The summed E-state index contributed by atoms with van der Waals surface area (Å²) in [6.07, 6.45) is 10.2. The Balaban J connectivity index is 1.57. The second kappa shape index (κ2) is 5.31. The molecule has 1 aromatic carbocycles. The third kappa shape index (κ3) is 2.35. The maximum atomic E-state index is 11.7. The molecule has 0 unspecified atom stereocenters. The summed E-state index contributed by atoms with van der Waals surface area (Å²) in [5.41, 5.74) is 6.34. The first-order valence-electron chi connectivity index (χ1n) is 8.24. The zero-order chi connectivity index (χ0) is 15.1. The third-order valence-corrected chi connectivity index (χ3v) is 5.00. The minimum atomic E-state index is 0.222. The summed E-state index contributed by atoms with van der Waals surface area (Å²) in [5.74, 6) is 0.926. The predicted octanol–water partition coefficient (Wildman–Crippen LogP) is 3.12. The first kappa shape index (κ1) is 13.6. The van der Waals surface area contributed by atoms with Crippen molar-refractivity contribution in [3.8, 4) is 5.75 Å². The highest BCUT2D eigenvalue weighted by atomic mass is 16.3. The molecule has 0 atom stereocenters. The summed E-state index contributed by atoms with van der Waals surface area (Å²) in [4.78, 5) is 11.7. The molecule has 0 spiro atoms. The van der Waals surface area contributed by atoms with E-state index in [4.69, 9.17) is 0 Å². The number of aromatic hydroxyl groups is 1. The van der Waals surface area contributed by atoms with Gasteiger partial charge in [-0.1, -0.05) is 23.8 Å². The van der Waals surface area contributed by atoms with Crippen LogP contribution >= 0.6 is 0 Å². The lowest BCUT2D eigenvalue weighted by Crippen LogP contribution is -2.26. The zero-order valence-corrected chi connectivity index (χ0v) is 12.7. The number of carbonyl (C=O) groups excluding carboxylic acids is 1. The molecular weight excluding hydrogens is 274 g/mol. The highest BCUT2D eigenvalue weighted by Gasteiger charge is 2.29. The topological polar surface area (TPSA) is 49.3 Å². The van der Waals surface area contributed by atoms with E-state index in [1.807, 2.05) is 12.1 Å². The largest absolute Gasteiger partial charge is 0.508 e. The fourth-order valence-corrected chi connectivity index (χ4v) is 3.62. The molecule has 0 bridgehead atoms. The summed E-state index contributed by atoms with van der Waals surface area (Å²) in [5, 5.41) is 13.2. The molecular formula is C19H21NO2. The maximum absolute atomic E-state index is 11.7. The van der Waals surface area contributed by atoms with Crippen LogP contribution in [0, 0.1) is 5.92 Å². The van der Waals surface area contributed by atoms with Gasteiger partial charge in [-0.2, -0.15) is 0 Å².